The van der Waals surface area contributed by atoms with Crippen molar-refractivity contribution in [2.24, 2.45) is 0 Å². The molecule has 0 aliphatic rings. The summed E-state index contributed by atoms with van der Waals surface area (Å²) in [5.41, 5.74) is 0. The maximum absolute atomic E-state index is 4.64. The van der Waals surface area contributed by atoms with Crippen LogP contribution in [0.15, 0.2) is 0 Å². The first kappa shape index (κ1) is 19.9. The zero-order valence-corrected chi connectivity index (χ0v) is 13.2. The Morgan fingerprint density at radius 3 is 1.62 bits per heavy atom. The van der Waals surface area contributed by atoms with Crippen LogP contribution in [0, 0.1) is 0 Å². The SMILES string of the molecule is CCOC(=S)S.CCOC(=S)[S-].[Na+]. The largest absolute Gasteiger partial charge is 1.00 e. The number of thiol groups is 1. The molecule has 0 atom stereocenters. The summed E-state index contributed by atoms with van der Waals surface area (Å²) in [5.74, 6) is 0. The van der Waals surface area contributed by atoms with Gasteiger partial charge in [0.1, 0.15) is 0 Å². The van der Waals surface area contributed by atoms with Crippen LogP contribution in [0.4, 0.5) is 0 Å². The third kappa shape index (κ3) is 31.8. The van der Waals surface area contributed by atoms with Crippen LogP contribution in [0.3, 0.4) is 0 Å². The molecule has 0 aliphatic heterocycles. The fraction of sp³-hybridized carbons (Fsp3) is 0.667. The molecule has 0 saturated carbocycles. The number of rotatable bonds is 2. The van der Waals surface area contributed by atoms with Crippen molar-refractivity contribution in [2.45, 2.75) is 13.8 Å². The first-order valence-electron chi connectivity index (χ1n) is 3.24. The molecule has 0 heterocycles. The summed E-state index contributed by atoms with van der Waals surface area (Å²) in [4.78, 5) is 0. The molecule has 0 N–H and O–H groups in total. The second kappa shape index (κ2) is 15.8. The van der Waals surface area contributed by atoms with E-state index in [1.54, 1.807) is 0 Å². The fourth-order valence-corrected chi connectivity index (χ4v) is 0.724. The van der Waals surface area contributed by atoms with Crippen LogP contribution < -0.4 is 29.6 Å². The van der Waals surface area contributed by atoms with Crippen LogP contribution in [0.1, 0.15) is 13.8 Å². The van der Waals surface area contributed by atoms with Gasteiger partial charge in [0.25, 0.3) is 0 Å². The van der Waals surface area contributed by atoms with Gasteiger partial charge in [0.2, 0.25) is 4.38 Å². The maximum atomic E-state index is 4.64. The van der Waals surface area contributed by atoms with Crippen molar-refractivity contribution in [3.63, 3.8) is 0 Å². The summed E-state index contributed by atoms with van der Waals surface area (Å²) in [5, 5.41) is 0. The number of ether oxygens (including phenoxy) is 2. The van der Waals surface area contributed by atoms with E-state index in [0.29, 0.717) is 17.6 Å². The van der Waals surface area contributed by atoms with Crippen LogP contribution in [0.2, 0.25) is 0 Å². The Labute approximate surface area is 123 Å². The van der Waals surface area contributed by atoms with Gasteiger partial charge in [0, 0.05) is 4.38 Å². The molecular weight excluding hydrogens is 255 g/mol. The Morgan fingerprint density at radius 1 is 1.23 bits per heavy atom. The van der Waals surface area contributed by atoms with E-state index in [4.69, 9.17) is 0 Å². The Kier molecular flexibility index (Phi) is 24.1. The molecule has 0 saturated heterocycles. The molecule has 13 heavy (non-hydrogen) atoms. The van der Waals surface area contributed by atoms with Crippen molar-refractivity contribution in [1.82, 2.24) is 0 Å². The van der Waals surface area contributed by atoms with Crippen LogP contribution >= 0.6 is 37.1 Å². The van der Waals surface area contributed by atoms with Crippen LogP contribution in [-0.2, 0) is 22.1 Å². The Hall–Kier alpha value is 1.35. The predicted octanol–water partition coefficient (Wildman–Crippen LogP) is -0.904. The van der Waals surface area contributed by atoms with Crippen molar-refractivity contribution in [2.75, 3.05) is 13.2 Å². The van der Waals surface area contributed by atoms with Gasteiger partial charge in [0.05, 0.1) is 13.2 Å². The van der Waals surface area contributed by atoms with E-state index < -0.39 is 0 Å². The summed E-state index contributed by atoms with van der Waals surface area (Å²) in [6.45, 7) is 4.91. The summed E-state index contributed by atoms with van der Waals surface area (Å²) in [6.07, 6.45) is 0. The molecule has 0 aromatic rings. The van der Waals surface area contributed by atoms with E-state index >= 15 is 0 Å². The predicted molar refractivity (Wildman–Crippen MR) is 64.8 cm³/mol. The molecule has 0 radical (unpaired) electrons. The standard InChI is InChI=1S/2C3H6OS2.Na/c2*1-2-4-3(5)6;/h2*2H2,1H3,(H,5,6);/q;;+1/p-1. The molecular formula is C6H11NaO2S4. The minimum Gasteiger partial charge on any atom is -0.514 e. The van der Waals surface area contributed by atoms with E-state index in [1.807, 2.05) is 13.8 Å². The van der Waals surface area contributed by atoms with Gasteiger partial charge in [-0.3, -0.25) is 0 Å². The van der Waals surface area contributed by atoms with Crippen molar-refractivity contribution in [1.29, 1.82) is 0 Å². The normalized spacial score (nSPS) is 7.00. The second-order valence-corrected chi connectivity index (χ2v) is 3.46. The maximum Gasteiger partial charge on any atom is 1.00 e. The van der Waals surface area contributed by atoms with Gasteiger partial charge < -0.3 is 34.3 Å². The molecule has 0 amide bonds. The fourth-order valence-electron chi connectivity index (χ4n) is 0.241. The number of thiocarbonyl (C=S) groups is 2. The van der Waals surface area contributed by atoms with E-state index in [9.17, 15) is 0 Å². The van der Waals surface area contributed by atoms with Crippen molar-refractivity contribution >= 4 is 58.5 Å². The first-order valence-corrected chi connectivity index (χ1v) is 4.91. The Bertz CT molecular complexity index is 127. The summed E-state index contributed by atoms with van der Waals surface area (Å²) in [7, 11) is 0. The zero-order chi connectivity index (χ0) is 9.98. The number of hydrogen-bond acceptors (Lipinski definition) is 5. The molecule has 0 rings (SSSR count). The molecule has 0 bridgehead atoms. The summed E-state index contributed by atoms with van der Waals surface area (Å²) >= 11 is 16.9. The van der Waals surface area contributed by atoms with Crippen LogP contribution in [0.5, 0.6) is 0 Å². The van der Waals surface area contributed by atoms with Gasteiger partial charge in [-0.1, -0.05) is 12.6 Å². The Morgan fingerprint density at radius 2 is 1.62 bits per heavy atom. The molecule has 0 aromatic carbocycles. The molecule has 0 fully saturated rings. The van der Waals surface area contributed by atoms with Gasteiger partial charge in [-0.05, 0) is 26.1 Å². The van der Waals surface area contributed by atoms with Gasteiger partial charge in [0.15, 0.2) is 0 Å². The zero-order valence-electron chi connectivity index (χ0n) is 7.90. The average molecular weight is 266 g/mol. The van der Waals surface area contributed by atoms with Gasteiger partial charge in [-0.2, -0.15) is 0 Å². The average Bonchev–Trinajstić information content (AvgIpc) is 1.87. The van der Waals surface area contributed by atoms with Crippen molar-refractivity contribution < 1.29 is 39.0 Å². The monoisotopic (exact) mass is 266 g/mol. The van der Waals surface area contributed by atoms with Crippen LogP contribution in [0.25, 0.3) is 0 Å². The minimum atomic E-state index is 0. The van der Waals surface area contributed by atoms with Crippen LogP contribution in [-0.4, -0.2) is 22.0 Å². The first-order chi connectivity index (χ1) is 5.54. The Balaban J connectivity index is -0.000000143. The smallest absolute Gasteiger partial charge is 0.514 e. The topological polar surface area (TPSA) is 18.5 Å². The van der Waals surface area contributed by atoms with Gasteiger partial charge in [-0.25, -0.2) is 0 Å². The summed E-state index contributed by atoms with van der Waals surface area (Å²) < 4.78 is 9.75. The number of hydrogen-bond donors (Lipinski definition) is 1. The third-order valence-corrected chi connectivity index (χ3v) is 1.01. The van der Waals surface area contributed by atoms with E-state index in [2.05, 4.69) is 59.2 Å². The van der Waals surface area contributed by atoms with E-state index in [1.165, 1.54) is 0 Å². The molecule has 0 unspecified atom stereocenters. The van der Waals surface area contributed by atoms with Crippen molar-refractivity contribution in [3.8, 4) is 0 Å². The quantitative estimate of drug-likeness (QED) is 0.301. The van der Waals surface area contributed by atoms with E-state index in [-0.39, 0.29) is 33.9 Å². The van der Waals surface area contributed by atoms with Gasteiger partial charge >= 0.3 is 29.6 Å². The third-order valence-electron chi connectivity index (χ3n) is 0.530. The van der Waals surface area contributed by atoms with Gasteiger partial charge in [-0.15, -0.1) is 0 Å². The molecule has 72 valence electrons. The molecule has 7 heteroatoms. The molecule has 0 aliphatic carbocycles. The molecule has 0 aromatic heterocycles. The molecule has 0 spiro atoms. The van der Waals surface area contributed by atoms with Crippen molar-refractivity contribution in [3.05, 3.63) is 0 Å². The minimum absolute atomic E-state index is 0. The second-order valence-electron chi connectivity index (χ2n) is 1.38. The van der Waals surface area contributed by atoms with E-state index in [0.717, 1.165) is 0 Å². The summed E-state index contributed by atoms with van der Waals surface area (Å²) in [6, 6.07) is 0. The molecule has 2 nitrogen and oxygen atoms in total.